The summed E-state index contributed by atoms with van der Waals surface area (Å²) < 4.78 is 11.4. The van der Waals surface area contributed by atoms with Crippen molar-refractivity contribution in [1.29, 1.82) is 0 Å². The maximum Gasteiger partial charge on any atom is 0.164 e. The molecule has 0 aliphatic heterocycles. The Morgan fingerprint density at radius 3 is 2.77 bits per heavy atom. The van der Waals surface area contributed by atoms with E-state index >= 15 is 0 Å². The van der Waals surface area contributed by atoms with Crippen molar-refractivity contribution in [3.63, 3.8) is 0 Å². The summed E-state index contributed by atoms with van der Waals surface area (Å²) in [4.78, 5) is 8.92. The molecule has 0 spiro atoms. The van der Waals surface area contributed by atoms with Crippen molar-refractivity contribution in [3.8, 4) is 11.5 Å². The van der Waals surface area contributed by atoms with E-state index in [9.17, 15) is 0 Å². The van der Waals surface area contributed by atoms with E-state index in [1.165, 1.54) is 11.7 Å². The number of hydrogen-bond acceptors (Lipinski definition) is 5. The average Bonchev–Trinajstić information content (AvgIpc) is 3.12. The number of hydrogen-bond donors (Lipinski definition) is 0. The molecule has 0 fully saturated rings. The second-order valence-corrected chi connectivity index (χ2v) is 6.05. The van der Waals surface area contributed by atoms with Crippen LogP contribution in [0, 0.1) is 0 Å². The van der Waals surface area contributed by atoms with E-state index in [4.69, 9.17) is 4.98 Å². The lowest BCUT2D eigenvalue weighted by molar-refractivity contribution is 0.826. The number of nitrogens with zero attached hydrogens (tertiary/aromatic N) is 5. The number of aromatic nitrogens is 5. The van der Waals surface area contributed by atoms with Crippen LogP contribution in [0.15, 0.2) is 53.4 Å². The van der Waals surface area contributed by atoms with Gasteiger partial charge in [0.15, 0.2) is 16.1 Å². The fraction of sp³-hybridized carbons (Fsp3) is 0.0667. The van der Waals surface area contributed by atoms with Gasteiger partial charge in [-0.1, -0.05) is 18.2 Å². The minimum absolute atomic E-state index is 0.688. The number of pyridine rings is 1. The lowest BCUT2D eigenvalue weighted by Crippen LogP contribution is -2.03. The summed E-state index contributed by atoms with van der Waals surface area (Å²) in [6, 6.07) is 12.1. The van der Waals surface area contributed by atoms with E-state index in [0.29, 0.717) is 6.54 Å². The quantitative estimate of drug-likeness (QED) is 0.550. The van der Waals surface area contributed by atoms with E-state index in [1.54, 1.807) is 6.20 Å². The summed E-state index contributed by atoms with van der Waals surface area (Å²) in [5.41, 5.74) is 3.90. The van der Waals surface area contributed by atoms with E-state index < -0.39 is 0 Å². The summed E-state index contributed by atoms with van der Waals surface area (Å²) in [5, 5.41) is 0. The fourth-order valence-electron chi connectivity index (χ4n) is 2.40. The van der Waals surface area contributed by atoms with Crippen LogP contribution in [0.2, 0.25) is 0 Å². The number of benzene rings is 1. The lowest BCUT2D eigenvalue weighted by atomic mass is 10.2. The minimum atomic E-state index is 0.688. The van der Waals surface area contributed by atoms with Gasteiger partial charge in [0.2, 0.25) is 0 Å². The fourth-order valence-corrected chi connectivity index (χ4v) is 3.43. The van der Waals surface area contributed by atoms with Crippen LogP contribution in [0.4, 0.5) is 0 Å². The maximum absolute atomic E-state index is 4.73. The predicted molar refractivity (Wildman–Crippen MR) is 89.7 cm³/mol. The maximum atomic E-state index is 4.73. The van der Waals surface area contributed by atoms with Gasteiger partial charge >= 0.3 is 0 Å². The Balaban J connectivity index is 1.93. The van der Waals surface area contributed by atoms with Crippen LogP contribution in [0.5, 0.6) is 0 Å². The van der Waals surface area contributed by atoms with Crippen molar-refractivity contribution in [2.75, 3.05) is 0 Å². The number of halogens is 1. The molecule has 3 heterocycles. The molecule has 7 heteroatoms. The van der Waals surface area contributed by atoms with Crippen molar-refractivity contribution in [3.05, 3.63) is 59.0 Å². The number of imidazole rings is 1. The molecule has 0 saturated heterocycles. The van der Waals surface area contributed by atoms with Crippen molar-refractivity contribution < 1.29 is 0 Å². The second kappa shape index (κ2) is 5.58. The first kappa shape index (κ1) is 13.5. The Hall–Kier alpha value is -2.12. The van der Waals surface area contributed by atoms with Gasteiger partial charge in [0.05, 0.1) is 29.3 Å². The minimum Gasteiger partial charge on any atom is -0.318 e. The molecule has 0 unspecified atom stereocenters. The molecule has 0 radical (unpaired) electrons. The summed E-state index contributed by atoms with van der Waals surface area (Å²) in [7, 11) is 0. The molecule has 0 bridgehead atoms. The first-order chi connectivity index (χ1) is 10.8. The Labute approximate surface area is 139 Å². The van der Waals surface area contributed by atoms with Gasteiger partial charge in [-0.3, -0.25) is 4.98 Å². The van der Waals surface area contributed by atoms with Crippen LogP contribution in [0.3, 0.4) is 0 Å². The van der Waals surface area contributed by atoms with Gasteiger partial charge < -0.3 is 4.57 Å². The molecule has 0 atom stereocenters. The smallest absolute Gasteiger partial charge is 0.164 e. The van der Waals surface area contributed by atoms with Gasteiger partial charge in [-0.05, 0) is 39.7 Å². The lowest BCUT2D eigenvalue weighted by Gasteiger charge is -2.07. The second-order valence-electron chi connectivity index (χ2n) is 4.78. The van der Waals surface area contributed by atoms with E-state index in [2.05, 4.69) is 46.4 Å². The highest BCUT2D eigenvalue weighted by Gasteiger charge is 2.18. The number of para-hydroxylation sites is 2. The third-order valence-corrected chi connectivity index (χ3v) is 4.69. The van der Waals surface area contributed by atoms with Crippen LogP contribution in [-0.4, -0.2) is 23.3 Å². The molecule has 0 aliphatic rings. The van der Waals surface area contributed by atoms with E-state index in [-0.39, 0.29) is 0 Å². The monoisotopic (exact) mass is 371 g/mol. The largest absolute Gasteiger partial charge is 0.318 e. The van der Waals surface area contributed by atoms with Gasteiger partial charge in [0, 0.05) is 12.4 Å². The highest BCUT2D eigenvalue weighted by Crippen LogP contribution is 2.29. The predicted octanol–water partition coefficient (Wildman–Crippen LogP) is 3.76. The van der Waals surface area contributed by atoms with Gasteiger partial charge in [-0.2, -0.15) is 8.75 Å². The molecule has 0 amide bonds. The third kappa shape index (κ3) is 2.32. The standard InChI is InChI=1S/C15H10BrN5S/c16-14-13(19-22-20-14)15-18-11-5-1-2-6-12(11)21(15)9-10-4-3-7-17-8-10/h1-8H,9H2. The molecule has 0 aliphatic carbocycles. The van der Waals surface area contributed by atoms with Crippen LogP contribution < -0.4 is 0 Å². The Morgan fingerprint density at radius 1 is 1.09 bits per heavy atom. The highest BCUT2D eigenvalue weighted by atomic mass is 79.9. The first-order valence-electron chi connectivity index (χ1n) is 6.65. The summed E-state index contributed by atoms with van der Waals surface area (Å²) in [6.45, 7) is 0.688. The van der Waals surface area contributed by atoms with Gasteiger partial charge in [-0.25, -0.2) is 4.98 Å². The summed E-state index contributed by atoms with van der Waals surface area (Å²) in [5.74, 6) is 0.811. The first-order valence-corrected chi connectivity index (χ1v) is 8.18. The van der Waals surface area contributed by atoms with Crippen LogP contribution in [0.25, 0.3) is 22.6 Å². The normalized spacial score (nSPS) is 11.1. The molecule has 0 saturated carbocycles. The van der Waals surface area contributed by atoms with Gasteiger partial charge in [-0.15, -0.1) is 0 Å². The highest BCUT2D eigenvalue weighted by molar-refractivity contribution is 9.10. The number of fused-ring (bicyclic) bond motifs is 1. The van der Waals surface area contributed by atoms with Crippen molar-refractivity contribution in [2.24, 2.45) is 0 Å². The molecule has 4 rings (SSSR count). The van der Waals surface area contributed by atoms with Gasteiger partial charge in [0.25, 0.3) is 0 Å². The van der Waals surface area contributed by atoms with Crippen molar-refractivity contribution in [1.82, 2.24) is 23.3 Å². The SMILES string of the molecule is Brc1nsnc1-c1nc2ccccc2n1Cc1cccnc1. The Morgan fingerprint density at radius 2 is 2.00 bits per heavy atom. The zero-order valence-corrected chi connectivity index (χ0v) is 13.8. The zero-order chi connectivity index (χ0) is 14.9. The molecule has 22 heavy (non-hydrogen) atoms. The summed E-state index contributed by atoms with van der Waals surface area (Å²) >= 11 is 4.62. The van der Waals surface area contributed by atoms with Gasteiger partial charge in [0.1, 0.15) is 0 Å². The van der Waals surface area contributed by atoms with Crippen LogP contribution >= 0.6 is 27.7 Å². The average molecular weight is 372 g/mol. The summed E-state index contributed by atoms with van der Waals surface area (Å²) in [6.07, 6.45) is 3.64. The van der Waals surface area contributed by atoms with Crippen molar-refractivity contribution >= 4 is 38.7 Å². The molecular weight excluding hydrogens is 362 g/mol. The molecule has 108 valence electrons. The van der Waals surface area contributed by atoms with Crippen molar-refractivity contribution in [2.45, 2.75) is 6.54 Å². The van der Waals surface area contributed by atoms with E-state index in [0.717, 1.165) is 32.7 Å². The Bertz CT molecular complexity index is 931. The topological polar surface area (TPSA) is 56.5 Å². The molecule has 0 N–H and O–H groups in total. The zero-order valence-electron chi connectivity index (χ0n) is 11.3. The molecule has 1 aromatic carbocycles. The molecule has 5 nitrogen and oxygen atoms in total. The Kier molecular flexibility index (Phi) is 3.44. The van der Waals surface area contributed by atoms with E-state index in [1.807, 2.05) is 30.5 Å². The number of rotatable bonds is 3. The molecule has 4 aromatic rings. The van der Waals surface area contributed by atoms with Crippen LogP contribution in [-0.2, 0) is 6.54 Å². The third-order valence-electron chi connectivity index (χ3n) is 3.38. The van der Waals surface area contributed by atoms with Crippen LogP contribution in [0.1, 0.15) is 5.56 Å². The molecule has 3 aromatic heterocycles. The molecular formula is C15H10BrN5S.